The van der Waals surface area contributed by atoms with Crippen LogP contribution >= 0.6 is 0 Å². The average molecular weight is 414 g/mol. The summed E-state index contributed by atoms with van der Waals surface area (Å²) in [5.41, 5.74) is 2.43. The molecule has 1 aromatic carbocycles. The van der Waals surface area contributed by atoms with E-state index in [2.05, 4.69) is 15.3 Å². The molecular weight excluding hydrogens is 391 g/mol. The molecule has 0 spiro atoms. The topological polar surface area (TPSA) is 87.5 Å². The van der Waals surface area contributed by atoms with Crippen molar-refractivity contribution in [1.82, 2.24) is 19.9 Å². The maximum Gasteiger partial charge on any atom is 0.241 e. The van der Waals surface area contributed by atoms with E-state index in [0.29, 0.717) is 41.2 Å². The van der Waals surface area contributed by atoms with E-state index >= 15 is 0 Å². The van der Waals surface area contributed by atoms with Gasteiger partial charge in [0.15, 0.2) is 18.3 Å². The fourth-order valence-electron chi connectivity index (χ4n) is 3.61. The van der Waals surface area contributed by atoms with Gasteiger partial charge in [0.1, 0.15) is 11.6 Å². The average Bonchev–Trinajstić information content (AvgIpc) is 3.39. The minimum Gasteiger partial charge on any atom is -0.493 e. The molecule has 1 N–H and O–H groups in total. The first-order valence-electron chi connectivity index (χ1n) is 9.61. The van der Waals surface area contributed by atoms with Crippen LogP contribution in [0.15, 0.2) is 30.6 Å². The molecule has 2 aromatic heterocycles. The lowest BCUT2D eigenvalue weighted by Gasteiger charge is -2.20. The number of fused-ring (bicyclic) bond motifs is 1. The van der Waals surface area contributed by atoms with Crippen molar-refractivity contribution in [3.05, 3.63) is 30.6 Å². The Labute approximate surface area is 173 Å². The zero-order valence-corrected chi connectivity index (χ0v) is 17.0. The van der Waals surface area contributed by atoms with Crippen LogP contribution in [0.25, 0.3) is 22.3 Å². The number of imidazole rings is 1. The normalized spacial score (nSPS) is 17.1. The van der Waals surface area contributed by atoms with Crippen LogP contribution in [0.3, 0.4) is 0 Å². The second-order valence-corrected chi connectivity index (χ2v) is 7.18. The second kappa shape index (κ2) is 8.17. The summed E-state index contributed by atoms with van der Waals surface area (Å²) in [6.07, 6.45) is 1.52. The maximum atomic E-state index is 13.5. The van der Waals surface area contributed by atoms with Crippen molar-refractivity contribution in [2.24, 2.45) is 5.92 Å². The standard InChI is InChI=1S/C21H23FN4O4/c1-12(14-7-19(27)23-9-14)30-21-20-16(24-11-26(20)10-22)8-15(25-21)13-4-5-17(28-2)18(6-13)29-3/h4-6,8,11-12,14H,7,9-10H2,1-3H3,(H,23,27)/t12-,14?/m1/s1. The van der Waals surface area contributed by atoms with Gasteiger partial charge in [-0.3, -0.25) is 9.36 Å². The van der Waals surface area contributed by atoms with E-state index in [1.54, 1.807) is 26.4 Å². The van der Waals surface area contributed by atoms with E-state index < -0.39 is 6.80 Å². The van der Waals surface area contributed by atoms with Gasteiger partial charge in [0.05, 0.1) is 31.8 Å². The van der Waals surface area contributed by atoms with Crippen molar-refractivity contribution in [3.63, 3.8) is 0 Å². The molecule has 8 nitrogen and oxygen atoms in total. The molecular formula is C21H23FN4O4. The quantitative estimate of drug-likeness (QED) is 0.640. The number of hydrogen-bond acceptors (Lipinski definition) is 6. The largest absolute Gasteiger partial charge is 0.493 e. The molecule has 4 rings (SSSR count). The lowest BCUT2D eigenvalue weighted by molar-refractivity contribution is -0.119. The third-order valence-electron chi connectivity index (χ3n) is 5.34. The molecule has 1 unspecified atom stereocenters. The minimum atomic E-state index is -0.748. The number of carbonyl (C=O) groups excluding carboxylic acids is 1. The third-order valence-corrected chi connectivity index (χ3v) is 5.34. The monoisotopic (exact) mass is 414 g/mol. The molecule has 0 bridgehead atoms. The molecule has 1 amide bonds. The first-order chi connectivity index (χ1) is 14.5. The van der Waals surface area contributed by atoms with Crippen LogP contribution in [0.5, 0.6) is 17.4 Å². The number of alkyl halides is 1. The highest BCUT2D eigenvalue weighted by molar-refractivity contribution is 5.85. The molecule has 0 radical (unpaired) electrons. The van der Waals surface area contributed by atoms with Gasteiger partial charge in [0.25, 0.3) is 0 Å². The van der Waals surface area contributed by atoms with Crippen molar-refractivity contribution >= 4 is 16.9 Å². The number of ether oxygens (including phenoxy) is 3. The highest BCUT2D eigenvalue weighted by Crippen LogP contribution is 2.35. The van der Waals surface area contributed by atoms with Gasteiger partial charge in [-0.25, -0.2) is 14.4 Å². The molecule has 2 atom stereocenters. The van der Waals surface area contributed by atoms with Crippen molar-refractivity contribution in [1.29, 1.82) is 0 Å². The van der Waals surface area contributed by atoms with Crippen LogP contribution in [-0.2, 0) is 11.6 Å². The number of aromatic nitrogens is 3. The maximum absolute atomic E-state index is 13.5. The number of methoxy groups -OCH3 is 2. The Hall–Kier alpha value is -3.36. The summed E-state index contributed by atoms with van der Waals surface area (Å²) in [6, 6.07) is 7.24. The Morgan fingerprint density at radius 1 is 1.27 bits per heavy atom. The number of amides is 1. The van der Waals surface area contributed by atoms with Crippen molar-refractivity contribution in [3.8, 4) is 28.6 Å². The van der Waals surface area contributed by atoms with Gasteiger partial charge < -0.3 is 19.5 Å². The summed E-state index contributed by atoms with van der Waals surface area (Å²) in [5, 5.41) is 2.81. The molecule has 1 aliphatic rings. The highest BCUT2D eigenvalue weighted by atomic mass is 19.1. The zero-order chi connectivity index (χ0) is 21.3. The summed E-state index contributed by atoms with van der Waals surface area (Å²) in [4.78, 5) is 20.5. The van der Waals surface area contributed by atoms with Crippen LogP contribution < -0.4 is 19.5 Å². The molecule has 30 heavy (non-hydrogen) atoms. The Balaban J connectivity index is 1.76. The Bertz CT molecular complexity index is 1080. The van der Waals surface area contributed by atoms with Crippen molar-refractivity contribution in [2.75, 3.05) is 20.8 Å². The minimum absolute atomic E-state index is 0.00133. The van der Waals surface area contributed by atoms with E-state index in [-0.39, 0.29) is 23.8 Å². The molecule has 0 aliphatic carbocycles. The van der Waals surface area contributed by atoms with E-state index in [0.717, 1.165) is 5.56 Å². The van der Waals surface area contributed by atoms with Crippen LogP contribution in [-0.4, -0.2) is 47.3 Å². The van der Waals surface area contributed by atoms with Gasteiger partial charge in [-0.15, -0.1) is 0 Å². The van der Waals surface area contributed by atoms with Gasteiger partial charge in [0.2, 0.25) is 11.8 Å². The number of nitrogens with zero attached hydrogens (tertiary/aromatic N) is 3. The summed E-state index contributed by atoms with van der Waals surface area (Å²) in [5.74, 6) is 1.46. The molecule has 158 valence electrons. The SMILES string of the molecule is COc1ccc(-c2cc3ncn(CF)c3c(O[C@H](C)C3CNC(=O)C3)n2)cc1OC. The van der Waals surface area contributed by atoms with Crippen LogP contribution in [0.4, 0.5) is 4.39 Å². The Kier molecular flexibility index (Phi) is 5.43. The Morgan fingerprint density at radius 2 is 2.07 bits per heavy atom. The lowest BCUT2D eigenvalue weighted by atomic mass is 10.0. The number of pyridine rings is 1. The summed E-state index contributed by atoms with van der Waals surface area (Å²) >= 11 is 0. The molecule has 1 saturated heterocycles. The van der Waals surface area contributed by atoms with Gasteiger partial charge in [0, 0.05) is 24.4 Å². The summed E-state index contributed by atoms with van der Waals surface area (Å²) in [7, 11) is 3.13. The number of hydrogen-bond donors (Lipinski definition) is 1. The van der Waals surface area contributed by atoms with Crippen LogP contribution in [0.1, 0.15) is 13.3 Å². The van der Waals surface area contributed by atoms with E-state index in [1.807, 2.05) is 19.1 Å². The molecule has 0 saturated carbocycles. The van der Waals surface area contributed by atoms with Crippen molar-refractivity contribution in [2.45, 2.75) is 26.2 Å². The third kappa shape index (κ3) is 3.62. The number of rotatable bonds is 7. The number of halogens is 1. The fraction of sp³-hybridized carbons (Fsp3) is 0.381. The van der Waals surface area contributed by atoms with E-state index in [4.69, 9.17) is 14.2 Å². The predicted molar refractivity (Wildman–Crippen MR) is 108 cm³/mol. The van der Waals surface area contributed by atoms with E-state index in [1.165, 1.54) is 10.9 Å². The van der Waals surface area contributed by atoms with E-state index in [9.17, 15) is 9.18 Å². The van der Waals surface area contributed by atoms with Crippen LogP contribution in [0, 0.1) is 5.92 Å². The molecule has 3 heterocycles. The first-order valence-corrected chi connectivity index (χ1v) is 9.61. The fourth-order valence-corrected chi connectivity index (χ4v) is 3.61. The summed E-state index contributed by atoms with van der Waals surface area (Å²) < 4.78 is 31.7. The Morgan fingerprint density at radius 3 is 2.73 bits per heavy atom. The number of benzene rings is 1. The smallest absolute Gasteiger partial charge is 0.241 e. The molecule has 1 fully saturated rings. The number of carbonyl (C=O) groups is 1. The van der Waals surface area contributed by atoms with Gasteiger partial charge in [-0.05, 0) is 31.2 Å². The van der Waals surface area contributed by atoms with Gasteiger partial charge in [-0.2, -0.15) is 0 Å². The second-order valence-electron chi connectivity index (χ2n) is 7.18. The number of nitrogens with one attached hydrogen (secondary N) is 1. The zero-order valence-electron chi connectivity index (χ0n) is 17.0. The molecule has 3 aromatic rings. The molecule has 1 aliphatic heterocycles. The molecule has 9 heteroatoms. The summed E-state index contributed by atoms with van der Waals surface area (Å²) in [6.45, 7) is 1.68. The van der Waals surface area contributed by atoms with Crippen LogP contribution in [0.2, 0.25) is 0 Å². The van der Waals surface area contributed by atoms with Crippen molar-refractivity contribution < 1.29 is 23.4 Å². The highest BCUT2D eigenvalue weighted by Gasteiger charge is 2.29. The first kappa shape index (κ1) is 19.9. The lowest BCUT2D eigenvalue weighted by Crippen LogP contribution is -2.26. The predicted octanol–water partition coefficient (Wildman–Crippen LogP) is 2.95. The van der Waals surface area contributed by atoms with Gasteiger partial charge in [-0.1, -0.05) is 0 Å². The van der Waals surface area contributed by atoms with Gasteiger partial charge >= 0.3 is 0 Å².